The molecule has 0 aliphatic rings. The molecule has 1 amide bonds. The Bertz CT molecular complexity index is 244. The Morgan fingerprint density at radius 2 is 2.06 bits per heavy atom. The number of rotatable bonds is 9. The summed E-state index contributed by atoms with van der Waals surface area (Å²) in [5, 5.41) is 9.69. The molecule has 100 valence electrons. The first-order valence-corrected chi connectivity index (χ1v) is 6.14. The van der Waals surface area contributed by atoms with E-state index in [1.165, 1.54) is 0 Å². The topological polar surface area (TPSA) is 83.6 Å². The van der Waals surface area contributed by atoms with Gasteiger partial charge >= 0.3 is 0 Å². The second-order valence-corrected chi connectivity index (χ2v) is 4.74. The van der Waals surface area contributed by atoms with Crippen molar-refractivity contribution < 1.29 is 14.8 Å². The van der Waals surface area contributed by atoms with Crippen molar-refractivity contribution in [3.05, 3.63) is 0 Å². The van der Waals surface area contributed by atoms with Gasteiger partial charge in [-0.3, -0.25) is 14.8 Å². The van der Waals surface area contributed by atoms with Gasteiger partial charge in [-0.25, -0.2) is 5.06 Å². The van der Waals surface area contributed by atoms with Crippen LogP contribution < -0.4 is 5.73 Å². The van der Waals surface area contributed by atoms with Gasteiger partial charge in [0.15, 0.2) is 5.78 Å². The molecule has 0 aliphatic heterocycles. The van der Waals surface area contributed by atoms with Crippen molar-refractivity contribution in [3.8, 4) is 0 Å². The summed E-state index contributed by atoms with van der Waals surface area (Å²) in [6, 6.07) is -0.531. The molecule has 0 saturated carbocycles. The molecule has 0 aromatic carbocycles. The van der Waals surface area contributed by atoms with Crippen LogP contribution in [0.5, 0.6) is 0 Å². The number of hydrogen-bond donors (Lipinski definition) is 2. The third-order valence-corrected chi connectivity index (χ3v) is 2.88. The van der Waals surface area contributed by atoms with Gasteiger partial charge in [-0.2, -0.15) is 0 Å². The van der Waals surface area contributed by atoms with E-state index in [9.17, 15) is 9.59 Å². The predicted octanol–water partition coefficient (Wildman–Crippen LogP) is 1.19. The number of carbonyl (C=O) groups is 2. The molecule has 3 N–H and O–H groups in total. The number of ketones is 1. The van der Waals surface area contributed by atoms with E-state index >= 15 is 0 Å². The lowest BCUT2D eigenvalue weighted by Gasteiger charge is -2.23. The second kappa shape index (κ2) is 8.20. The number of amides is 1. The third kappa shape index (κ3) is 5.79. The van der Waals surface area contributed by atoms with Crippen LogP contribution in [0.1, 0.15) is 40.0 Å². The summed E-state index contributed by atoms with van der Waals surface area (Å²) in [5.41, 5.74) is 5.81. The monoisotopic (exact) mass is 244 g/mol. The van der Waals surface area contributed by atoms with Gasteiger partial charge in [-0.15, -0.1) is 0 Å². The maximum atomic E-state index is 12.1. The van der Waals surface area contributed by atoms with Gasteiger partial charge in [-0.1, -0.05) is 33.6 Å². The highest BCUT2D eigenvalue weighted by molar-refractivity contribution is 5.86. The summed E-state index contributed by atoms with van der Waals surface area (Å²) >= 11 is 0. The predicted molar refractivity (Wildman–Crippen MR) is 65.4 cm³/mol. The van der Waals surface area contributed by atoms with Crippen LogP contribution in [0.3, 0.4) is 0 Å². The molecule has 5 nitrogen and oxygen atoms in total. The summed E-state index contributed by atoms with van der Waals surface area (Å²) in [6.07, 6.45) is 2.81. The number of nitrogens with zero attached hydrogens (tertiary/aromatic N) is 1. The zero-order chi connectivity index (χ0) is 13.4. The highest BCUT2D eigenvalue weighted by Gasteiger charge is 2.27. The van der Waals surface area contributed by atoms with Gasteiger partial charge in [0.1, 0.15) is 0 Å². The summed E-state index contributed by atoms with van der Waals surface area (Å²) in [6.45, 7) is 5.83. The highest BCUT2D eigenvalue weighted by Crippen LogP contribution is 2.15. The van der Waals surface area contributed by atoms with Gasteiger partial charge in [0, 0.05) is 5.92 Å². The second-order valence-electron chi connectivity index (χ2n) is 4.74. The molecule has 2 atom stereocenters. The molecule has 17 heavy (non-hydrogen) atoms. The third-order valence-electron chi connectivity index (χ3n) is 2.88. The van der Waals surface area contributed by atoms with Crippen molar-refractivity contribution in [1.82, 2.24) is 5.06 Å². The minimum absolute atomic E-state index is 0.0305. The van der Waals surface area contributed by atoms with Crippen molar-refractivity contribution in [2.75, 3.05) is 6.54 Å². The van der Waals surface area contributed by atoms with Crippen LogP contribution in [-0.2, 0) is 9.59 Å². The number of Topliss-reactive ketones (excluding diaryl/α,β-unsaturated/α-hetero) is 1. The molecule has 5 heteroatoms. The molecule has 0 radical (unpaired) electrons. The summed E-state index contributed by atoms with van der Waals surface area (Å²) < 4.78 is 0. The standard InChI is InChI=1S/C12H24N2O3/c1-4-5-6-10(7-14(17)8-15)12(16)11(13)9(2)3/h8-11,17H,4-7,13H2,1-3H3/t10-,11+/m1/s1. The quantitative estimate of drug-likeness (QED) is 0.362. The molecule has 0 rings (SSSR count). The number of carbonyl (C=O) groups excluding carboxylic acids is 2. The maximum absolute atomic E-state index is 12.1. The zero-order valence-corrected chi connectivity index (χ0v) is 10.9. The highest BCUT2D eigenvalue weighted by atomic mass is 16.5. The molecule has 0 aromatic rings. The van der Waals surface area contributed by atoms with E-state index in [1.54, 1.807) is 0 Å². The molecule has 0 spiro atoms. The molecule has 0 saturated heterocycles. The van der Waals surface area contributed by atoms with E-state index < -0.39 is 6.04 Å². The first kappa shape index (κ1) is 16.1. The lowest BCUT2D eigenvalue weighted by Crippen LogP contribution is -2.43. The number of hydroxylamine groups is 2. The zero-order valence-electron chi connectivity index (χ0n) is 10.9. The lowest BCUT2D eigenvalue weighted by molar-refractivity contribution is -0.154. The number of unbranched alkanes of at least 4 members (excludes halogenated alkanes) is 1. The van der Waals surface area contributed by atoms with E-state index in [-0.39, 0.29) is 24.2 Å². The molecule has 0 heterocycles. The minimum Gasteiger partial charge on any atom is -0.321 e. The van der Waals surface area contributed by atoms with Gasteiger partial charge in [-0.05, 0) is 12.3 Å². The normalized spacial score (nSPS) is 14.5. The number of hydrogen-bond acceptors (Lipinski definition) is 4. The van der Waals surface area contributed by atoms with Gasteiger partial charge < -0.3 is 5.73 Å². The van der Waals surface area contributed by atoms with E-state index in [2.05, 4.69) is 0 Å². The largest absolute Gasteiger partial charge is 0.321 e. The Morgan fingerprint density at radius 1 is 1.47 bits per heavy atom. The van der Waals surface area contributed by atoms with E-state index in [0.29, 0.717) is 17.9 Å². The smallest absolute Gasteiger partial charge is 0.233 e. The van der Waals surface area contributed by atoms with Crippen molar-refractivity contribution in [2.24, 2.45) is 17.6 Å². The summed E-state index contributed by atoms with van der Waals surface area (Å²) in [7, 11) is 0. The molecule has 0 fully saturated rings. The Hall–Kier alpha value is -0.940. The summed E-state index contributed by atoms with van der Waals surface area (Å²) in [5.74, 6) is -0.382. The Labute approximate surface area is 103 Å². The van der Waals surface area contributed by atoms with Crippen molar-refractivity contribution in [2.45, 2.75) is 46.1 Å². The Morgan fingerprint density at radius 3 is 2.47 bits per heavy atom. The average Bonchev–Trinajstić information content (AvgIpc) is 2.31. The van der Waals surface area contributed by atoms with Crippen molar-refractivity contribution in [3.63, 3.8) is 0 Å². The van der Waals surface area contributed by atoms with Crippen LogP contribution in [0, 0.1) is 11.8 Å². The van der Waals surface area contributed by atoms with Gasteiger partial charge in [0.2, 0.25) is 6.41 Å². The first-order valence-electron chi connectivity index (χ1n) is 6.14. The Balaban J connectivity index is 4.54. The first-order chi connectivity index (χ1) is 7.93. The van der Waals surface area contributed by atoms with Crippen LogP contribution in [0.25, 0.3) is 0 Å². The maximum Gasteiger partial charge on any atom is 0.233 e. The fourth-order valence-electron chi connectivity index (χ4n) is 1.64. The van der Waals surface area contributed by atoms with Crippen LogP contribution in [-0.4, -0.2) is 35.1 Å². The molecule has 0 unspecified atom stereocenters. The summed E-state index contributed by atoms with van der Waals surface area (Å²) in [4.78, 5) is 22.4. The molecule has 0 bridgehead atoms. The number of nitrogens with two attached hydrogens (primary N) is 1. The fourth-order valence-corrected chi connectivity index (χ4v) is 1.64. The molecule has 0 aromatic heterocycles. The fraction of sp³-hybridized carbons (Fsp3) is 0.833. The molecule has 0 aliphatic carbocycles. The molecular weight excluding hydrogens is 220 g/mol. The van der Waals surface area contributed by atoms with Crippen LogP contribution in [0.15, 0.2) is 0 Å². The van der Waals surface area contributed by atoms with Crippen molar-refractivity contribution in [1.29, 1.82) is 0 Å². The van der Waals surface area contributed by atoms with Crippen LogP contribution in [0.4, 0.5) is 0 Å². The van der Waals surface area contributed by atoms with Crippen molar-refractivity contribution >= 4 is 12.2 Å². The average molecular weight is 244 g/mol. The molecular formula is C12H24N2O3. The minimum atomic E-state index is -0.531. The van der Waals surface area contributed by atoms with E-state index in [1.807, 2.05) is 20.8 Å². The van der Waals surface area contributed by atoms with E-state index in [0.717, 1.165) is 12.8 Å². The Kier molecular flexibility index (Phi) is 7.74. The van der Waals surface area contributed by atoms with Gasteiger partial charge in [0.05, 0.1) is 12.6 Å². The van der Waals surface area contributed by atoms with Gasteiger partial charge in [0.25, 0.3) is 0 Å². The van der Waals surface area contributed by atoms with Crippen LogP contribution >= 0.6 is 0 Å². The van der Waals surface area contributed by atoms with Crippen LogP contribution in [0.2, 0.25) is 0 Å². The van der Waals surface area contributed by atoms with E-state index in [4.69, 9.17) is 10.9 Å². The lowest BCUT2D eigenvalue weighted by atomic mass is 9.88. The SMILES string of the molecule is CCCC[C@H](CN(O)C=O)C(=O)[C@@H](N)C(C)C.